The summed E-state index contributed by atoms with van der Waals surface area (Å²) in [5, 5.41) is 40.2. The zero-order valence-electron chi connectivity index (χ0n) is 33.5. The summed E-state index contributed by atoms with van der Waals surface area (Å²) in [5.74, 6) is -3.70. The Balaban J connectivity index is -0.000000192. The summed E-state index contributed by atoms with van der Waals surface area (Å²) in [6, 6.07) is 0. The second-order valence-corrected chi connectivity index (χ2v) is 13.3. The van der Waals surface area contributed by atoms with Crippen LogP contribution in [0.4, 0.5) is 0 Å². The summed E-state index contributed by atoms with van der Waals surface area (Å²) in [5.41, 5.74) is 0. The maximum absolute atomic E-state index is 10.1. The average Bonchev–Trinajstić information content (AvgIpc) is 3.10. The molecule has 0 unspecified atom stereocenters. The van der Waals surface area contributed by atoms with Crippen molar-refractivity contribution in [1.29, 1.82) is 0 Å². The number of allylic oxidation sites excluding steroid dienone is 4. The number of hydrogen-bond donors (Lipinski definition) is 0. The first-order chi connectivity index (χ1) is 25.1. The van der Waals surface area contributed by atoms with Crippen molar-refractivity contribution >= 4 is 23.9 Å². The van der Waals surface area contributed by atoms with Crippen LogP contribution in [0.25, 0.3) is 0 Å². The van der Waals surface area contributed by atoms with E-state index >= 15 is 0 Å². The van der Waals surface area contributed by atoms with E-state index < -0.39 is 23.9 Å². The Morgan fingerprint density at radius 3 is 0.547 bits per heavy atom. The van der Waals surface area contributed by atoms with Gasteiger partial charge in [0, 0.05) is 23.9 Å². The molecule has 0 aliphatic rings. The number of rotatable bonds is 36. The molecule has 0 N–H and O–H groups in total. The molecule has 0 heterocycles. The Morgan fingerprint density at radius 2 is 0.415 bits per heavy atom. The van der Waals surface area contributed by atoms with Crippen LogP contribution in [-0.2, 0) is 45.4 Å². The molecule has 0 amide bonds. The fraction of sp³-hybridized carbons (Fsp3) is 0.727. The maximum Gasteiger partial charge on any atom is 4.00 e. The molecule has 0 spiro atoms. The van der Waals surface area contributed by atoms with Crippen LogP contribution in [-0.4, -0.2) is 23.9 Å². The molecule has 0 atom stereocenters. The molecule has 53 heavy (non-hydrogen) atoms. The predicted molar refractivity (Wildman–Crippen MR) is 209 cm³/mol. The van der Waals surface area contributed by atoms with Crippen molar-refractivity contribution < 1.29 is 65.8 Å². The predicted octanol–water partition coefficient (Wildman–Crippen LogP) is 8.17. The van der Waals surface area contributed by atoms with E-state index in [1.807, 2.05) is 24.3 Å². The van der Waals surface area contributed by atoms with Crippen LogP contribution in [0.2, 0.25) is 0 Å². The van der Waals surface area contributed by atoms with Crippen LogP contribution >= 0.6 is 0 Å². The molecule has 0 aromatic heterocycles. The van der Waals surface area contributed by atoms with Crippen LogP contribution in [0.3, 0.4) is 0 Å². The Kier molecular flexibility index (Phi) is 63.9. The molecule has 0 saturated carbocycles. The summed E-state index contributed by atoms with van der Waals surface area (Å²) in [6.45, 7) is 14.6. The molecule has 0 aliphatic carbocycles. The van der Waals surface area contributed by atoms with Gasteiger partial charge < -0.3 is 39.6 Å². The van der Waals surface area contributed by atoms with Crippen molar-refractivity contribution in [3.63, 3.8) is 0 Å². The molecule has 0 rings (SSSR count). The molecule has 8 nitrogen and oxygen atoms in total. The third-order valence-electron chi connectivity index (χ3n) is 8.16. The number of aliphatic carboxylic acids is 4. The van der Waals surface area contributed by atoms with Crippen molar-refractivity contribution in [1.82, 2.24) is 0 Å². The molecule has 9 heteroatoms. The first-order valence-corrected chi connectivity index (χ1v) is 20.3. The minimum atomic E-state index is -0.924. The van der Waals surface area contributed by atoms with E-state index in [4.69, 9.17) is 0 Å². The van der Waals surface area contributed by atoms with Gasteiger partial charge in [0.05, 0.1) is 0 Å². The standard InChI is InChI=1S/4C11H20O2.Zr/c4*1-2-3-4-5-6-7-8-9-10-11(12)13;/h4*2H,1,3-10H2,(H,12,13);/q;;;;+4/p-4. The SMILES string of the molecule is C=CCCCCCCCCC(=O)[O-].C=CCCCCCCCCC(=O)[O-].C=CCCCCCCCCC(=O)[O-].C=CCCCCCCCCC(=O)[O-].[Zr+4]. The third-order valence-corrected chi connectivity index (χ3v) is 8.16. The van der Waals surface area contributed by atoms with Crippen LogP contribution < -0.4 is 20.4 Å². The monoisotopic (exact) mass is 822 g/mol. The number of carboxylic acids is 4. The summed E-state index contributed by atoms with van der Waals surface area (Å²) in [4.78, 5) is 40.2. The number of unbranched alkanes of at least 4 members (excludes halogenated alkanes) is 24. The normalized spacial score (nSPS) is 9.66. The number of carboxylic acid groups (broad SMARTS) is 4. The van der Waals surface area contributed by atoms with E-state index in [0.717, 1.165) is 103 Å². The van der Waals surface area contributed by atoms with Gasteiger partial charge in [-0.3, -0.25) is 0 Å². The van der Waals surface area contributed by atoms with E-state index in [-0.39, 0.29) is 51.9 Å². The van der Waals surface area contributed by atoms with Gasteiger partial charge in [0.25, 0.3) is 0 Å². The zero-order valence-corrected chi connectivity index (χ0v) is 36.0. The summed E-state index contributed by atoms with van der Waals surface area (Å²) in [6.07, 6.45) is 39.3. The molecule has 0 aromatic carbocycles. The molecule has 0 aliphatic heterocycles. The van der Waals surface area contributed by atoms with Gasteiger partial charge in [0.1, 0.15) is 0 Å². The molecule has 0 saturated heterocycles. The molecular formula is C44H76O8Zr. The Labute approximate surface area is 344 Å². The van der Waals surface area contributed by atoms with Crippen LogP contribution in [0.15, 0.2) is 50.6 Å². The minimum Gasteiger partial charge on any atom is -0.550 e. The first kappa shape index (κ1) is 60.0. The van der Waals surface area contributed by atoms with Gasteiger partial charge in [-0.1, -0.05) is 127 Å². The molecule has 0 fully saturated rings. The molecule has 0 bridgehead atoms. The van der Waals surface area contributed by atoms with Crippen LogP contribution in [0.1, 0.15) is 205 Å². The van der Waals surface area contributed by atoms with Gasteiger partial charge in [-0.25, -0.2) is 0 Å². The topological polar surface area (TPSA) is 161 Å². The van der Waals surface area contributed by atoms with Gasteiger partial charge in [-0.05, 0) is 103 Å². The Hall–Kier alpha value is -2.28. The van der Waals surface area contributed by atoms with E-state index in [0.29, 0.717) is 0 Å². The summed E-state index contributed by atoms with van der Waals surface area (Å²) in [7, 11) is 0. The van der Waals surface area contributed by atoms with Crippen LogP contribution in [0, 0.1) is 0 Å². The zero-order chi connectivity index (χ0) is 39.8. The third kappa shape index (κ3) is 79.6. The first-order valence-electron chi connectivity index (χ1n) is 20.3. The molecule has 304 valence electrons. The Bertz CT molecular complexity index is 707. The van der Waals surface area contributed by atoms with Crippen molar-refractivity contribution in [2.75, 3.05) is 0 Å². The molecular weight excluding hydrogens is 748 g/mol. The quantitative estimate of drug-likeness (QED) is 0.0452. The second-order valence-electron chi connectivity index (χ2n) is 13.3. The van der Waals surface area contributed by atoms with E-state index in [1.165, 1.54) is 77.0 Å². The van der Waals surface area contributed by atoms with Crippen molar-refractivity contribution in [2.45, 2.75) is 205 Å². The molecule has 0 aromatic rings. The number of hydrogen-bond acceptors (Lipinski definition) is 8. The van der Waals surface area contributed by atoms with Crippen molar-refractivity contribution in [2.24, 2.45) is 0 Å². The van der Waals surface area contributed by atoms with Gasteiger partial charge in [-0.2, -0.15) is 0 Å². The maximum atomic E-state index is 10.1. The fourth-order valence-electron chi connectivity index (χ4n) is 5.06. The number of carbonyl (C=O) groups is 4. The van der Waals surface area contributed by atoms with Crippen molar-refractivity contribution in [3.05, 3.63) is 50.6 Å². The average molecular weight is 824 g/mol. The van der Waals surface area contributed by atoms with Gasteiger partial charge >= 0.3 is 26.2 Å². The Morgan fingerprint density at radius 1 is 0.283 bits per heavy atom. The summed E-state index contributed by atoms with van der Waals surface area (Å²) < 4.78 is 0. The van der Waals surface area contributed by atoms with Gasteiger partial charge in [0.15, 0.2) is 0 Å². The second kappa shape index (κ2) is 56.5. The van der Waals surface area contributed by atoms with Crippen molar-refractivity contribution in [3.8, 4) is 0 Å². The van der Waals surface area contributed by atoms with Gasteiger partial charge in [0.2, 0.25) is 0 Å². The van der Waals surface area contributed by atoms with E-state index in [1.54, 1.807) is 0 Å². The fourth-order valence-corrected chi connectivity index (χ4v) is 5.06. The molecule has 0 radical (unpaired) electrons. The smallest absolute Gasteiger partial charge is 0.550 e. The van der Waals surface area contributed by atoms with Crippen LogP contribution in [0.5, 0.6) is 0 Å². The number of carbonyl (C=O) groups excluding carboxylic acids is 4. The van der Waals surface area contributed by atoms with E-state index in [2.05, 4.69) is 26.3 Å². The van der Waals surface area contributed by atoms with E-state index in [9.17, 15) is 39.6 Å². The minimum absolute atomic E-state index is 0. The van der Waals surface area contributed by atoms with Gasteiger partial charge in [-0.15, -0.1) is 26.3 Å². The summed E-state index contributed by atoms with van der Waals surface area (Å²) >= 11 is 0. The largest absolute Gasteiger partial charge is 4.00 e.